The zero-order chi connectivity index (χ0) is 15.5. The van der Waals surface area contributed by atoms with E-state index in [9.17, 15) is 9.59 Å². The quantitative estimate of drug-likeness (QED) is 0.772. The van der Waals surface area contributed by atoms with Gasteiger partial charge < -0.3 is 16.0 Å². The van der Waals surface area contributed by atoms with Gasteiger partial charge in [-0.05, 0) is 56.8 Å². The molecule has 1 aliphatic carbocycles. The Kier molecular flexibility index (Phi) is 6.02. The van der Waals surface area contributed by atoms with E-state index >= 15 is 0 Å². The summed E-state index contributed by atoms with van der Waals surface area (Å²) in [6.45, 7) is 2.93. The molecule has 0 bridgehead atoms. The molecule has 1 heterocycles. The molecule has 5 nitrogen and oxygen atoms in total. The maximum absolute atomic E-state index is 12.1. The number of rotatable bonds is 5. The monoisotopic (exact) mass is 337 g/mol. The molecular weight excluding hydrogens is 314 g/mol. The van der Waals surface area contributed by atoms with Gasteiger partial charge in [-0.25, -0.2) is 0 Å². The van der Waals surface area contributed by atoms with Gasteiger partial charge in [0.15, 0.2) is 0 Å². The van der Waals surface area contributed by atoms with E-state index in [4.69, 9.17) is 0 Å². The molecule has 1 atom stereocenters. The summed E-state index contributed by atoms with van der Waals surface area (Å²) in [5, 5.41) is 9.23. The van der Waals surface area contributed by atoms with E-state index in [1.54, 1.807) is 12.1 Å². The van der Waals surface area contributed by atoms with E-state index in [1.165, 1.54) is 0 Å². The standard InChI is InChI=1S/C17H23N3O2.ClH/c1-11-4-5-12(17(22)19-13-6-7-13)9-15(11)20-16(21)10-14-3-2-8-18-14;/h4-5,9,13-14,18H,2-3,6-8,10H2,1H3,(H,19,22)(H,20,21);1H. The summed E-state index contributed by atoms with van der Waals surface area (Å²) >= 11 is 0. The fourth-order valence-corrected chi connectivity index (χ4v) is 2.75. The van der Waals surface area contributed by atoms with E-state index in [2.05, 4.69) is 16.0 Å². The Hall–Kier alpha value is -1.59. The summed E-state index contributed by atoms with van der Waals surface area (Å²) in [4.78, 5) is 24.2. The Bertz CT molecular complexity index is 581. The van der Waals surface area contributed by atoms with Crippen molar-refractivity contribution in [2.24, 2.45) is 0 Å². The minimum absolute atomic E-state index is 0. The lowest BCUT2D eigenvalue weighted by Gasteiger charge is -2.13. The van der Waals surface area contributed by atoms with Gasteiger partial charge >= 0.3 is 0 Å². The van der Waals surface area contributed by atoms with E-state index in [1.807, 2.05) is 13.0 Å². The highest BCUT2D eigenvalue weighted by Crippen LogP contribution is 2.21. The smallest absolute Gasteiger partial charge is 0.251 e. The summed E-state index contributed by atoms with van der Waals surface area (Å²) < 4.78 is 0. The van der Waals surface area contributed by atoms with Crippen molar-refractivity contribution in [2.45, 2.75) is 51.1 Å². The van der Waals surface area contributed by atoms with Crippen LogP contribution in [0.4, 0.5) is 5.69 Å². The number of amides is 2. The molecule has 1 saturated carbocycles. The van der Waals surface area contributed by atoms with Crippen LogP contribution in [0.5, 0.6) is 0 Å². The molecule has 126 valence electrons. The van der Waals surface area contributed by atoms with Crippen LogP contribution < -0.4 is 16.0 Å². The average molecular weight is 338 g/mol. The van der Waals surface area contributed by atoms with Crippen LogP contribution in [0.2, 0.25) is 0 Å². The van der Waals surface area contributed by atoms with Gasteiger partial charge in [-0.2, -0.15) is 0 Å². The lowest BCUT2D eigenvalue weighted by Crippen LogP contribution is -2.28. The highest BCUT2D eigenvalue weighted by molar-refractivity contribution is 5.98. The number of hydrogen-bond donors (Lipinski definition) is 3. The molecule has 1 saturated heterocycles. The van der Waals surface area contributed by atoms with E-state index < -0.39 is 0 Å². The summed E-state index contributed by atoms with van der Waals surface area (Å²) in [6, 6.07) is 6.07. The molecule has 0 radical (unpaired) electrons. The van der Waals surface area contributed by atoms with E-state index in [0.717, 1.165) is 43.5 Å². The van der Waals surface area contributed by atoms with Gasteiger partial charge in [-0.15, -0.1) is 12.4 Å². The summed E-state index contributed by atoms with van der Waals surface area (Å²) in [5.41, 5.74) is 2.30. The maximum Gasteiger partial charge on any atom is 0.251 e. The minimum atomic E-state index is -0.0598. The van der Waals surface area contributed by atoms with Crippen LogP contribution in [0, 0.1) is 6.92 Å². The normalized spacial score (nSPS) is 19.8. The maximum atomic E-state index is 12.1. The molecule has 3 N–H and O–H groups in total. The molecule has 23 heavy (non-hydrogen) atoms. The van der Waals surface area contributed by atoms with Crippen molar-refractivity contribution in [2.75, 3.05) is 11.9 Å². The molecular formula is C17H24ClN3O2. The highest BCUT2D eigenvalue weighted by Gasteiger charge is 2.24. The number of aryl methyl sites for hydroxylation is 1. The third kappa shape index (κ3) is 4.94. The average Bonchev–Trinajstić information content (AvgIpc) is 3.15. The Balaban J connectivity index is 0.00000192. The Morgan fingerprint density at radius 3 is 2.70 bits per heavy atom. The van der Waals surface area contributed by atoms with Gasteiger partial charge in [0, 0.05) is 29.8 Å². The number of anilines is 1. The van der Waals surface area contributed by atoms with Crippen LogP contribution in [0.1, 0.15) is 48.0 Å². The minimum Gasteiger partial charge on any atom is -0.349 e. The Labute approximate surface area is 143 Å². The molecule has 1 unspecified atom stereocenters. The molecule has 2 amide bonds. The number of nitrogens with one attached hydrogen (secondary N) is 3. The van der Waals surface area contributed by atoms with E-state index in [-0.39, 0.29) is 30.3 Å². The van der Waals surface area contributed by atoms with Gasteiger partial charge in [0.2, 0.25) is 5.91 Å². The van der Waals surface area contributed by atoms with Gasteiger partial charge in [-0.1, -0.05) is 6.07 Å². The SMILES string of the molecule is Cc1ccc(C(=O)NC2CC2)cc1NC(=O)CC1CCCN1.Cl. The summed E-state index contributed by atoms with van der Waals surface area (Å²) in [7, 11) is 0. The topological polar surface area (TPSA) is 70.2 Å². The van der Waals surface area contributed by atoms with Crippen LogP contribution in [-0.2, 0) is 4.79 Å². The number of carbonyl (C=O) groups is 2. The van der Waals surface area contributed by atoms with Crippen LogP contribution in [-0.4, -0.2) is 30.4 Å². The molecule has 1 aromatic carbocycles. The highest BCUT2D eigenvalue weighted by atomic mass is 35.5. The fraction of sp³-hybridized carbons (Fsp3) is 0.529. The van der Waals surface area contributed by atoms with Crippen LogP contribution in [0.3, 0.4) is 0 Å². The first kappa shape index (κ1) is 17.8. The molecule has 1 aromatic rings. The first-order valence-electron chi connectivity index (χ1n) is 8.06. The second kappa shape index (κ2) is 7.79. The molecule has 2 fully saturated rings. The predicted molar refractivity (Wildman–Crippen MR) is 93.2 cm³/mol. The second-order valence-electron chi connectivity index (χ2n) is 6.32. The van der Waals surface area contributed by atoms with Crippen LogP contribution in [0.15, 0.2) is 18.2 Å². The molecule has 3 rings (SSSR count). The Morgan fingerprint density at radius 1 is 1.26 bits per heavy atom. The van der Waals surface area contributed by atoms with Crippen molar-refractivity contribution in [3.8, 4) is 0 Å². The summed E-state index contributed by atoms with van der Waals surface area (Å²) in [5.74, 6) is -0.0577. The van der Waals surface area contributed by atoms with Gasteiger partial charge in [0.05, 0.1) is 0 Å². The van der Waals surface area contributed by atoms with Crippen molar-refractivity contribution in [3.05, 3.63) is 29.3 Å². The van der Waals surface area contributed by atoms with Crippen molar-refractivity contribution in [1.29, 1.82) is 0 Å². The molecule has 1 aliphatic heterocycles. The van der Waals surface area contributed by atoms with Crippen LogP contribution in [0.25, 0.3) is 0 Å². The molecule has 2 aliphatic rings. The van der Waals surface area contributed by atoms with E-state index in [0.29, 0.717) is 18.0 Å². The van der Waals surface area contributed by atoms with Crippen molar-refractivity contribution in [1.82, 2.24) is 10.6 Å². The molecule has 0 spiro atoms. The zero-order valence-electron chi connectivity index (χ0n) is 13.4. The van der Waals surface area contributed by atoms with Gasteiger partial charge in [-0.3, -0.25) is 9.59 Å². The van der Waals surface area contributed by atoms with Crippen molar-refractivity contribution < 1.29 is 9.59 Å². The molecule has 6 heteroatoms. The molecule has 0 aromatic heterocycles. The predicted octanol–water partition coefficient (Wildman–Crippen LogP) is 2.39. The van der Waals surface area contributed by atoms with Crippen molar-refractivity contribution in [3.63, 3.8) is 0 Å². The number of carbonyl (C=O) groups excluding carboxylic acids is 2. The van der Waals surface area contributed by atoms with Crippen molar-refractivity contribution >= 4 is 29.9 Å². The largest absolute Gasteiger partial charge is 0.349 e. The van der Waals surface area contributed by atoms with Crippen LogP contribution >= 0.6 is 12.4 Å². The lowest BCUT2D eigenvalue weighted by molar-refractivity contribution is -0.116. The first-order valence-corrected chi connectivity index (χ1v) is 8.06. The number of hydrogen-bond acceptors (Lipinski definition) is 3. The first-order chi connectivity index (χ1) is 10.6. The lowest BCUT2D eigenvalue weighted by atomic mass is 10.1. The van der Waals surface area contributed by atoms with Gasteiger partial charge in [0.1, 0.15) is 0 Å². The summed E-state index contributed by atoms with van der Waals surface area (Å²) in [6.07, 6.45) is 4.80. The number of halogens is 1. The third-order valence-electron chi connectivity index (χ3n) is 4.28. The Morgan fingerprint density at radius 2 is 2.04 bits per heavy atom. The van der Waals surface area contributed by atoms with Gasteiger partial charge in [0.25, 0.3) is 5.91 Å². The third-order valence-corrected chi connectivity index (χ3v) is 4.28. The number of benzene rings is 1. The second-order valence-corrected chi connectivity index (χ2v) is 6.32. The zero-order valence-corrected chi connectivity index (χ0v) is 14.2. The fourth-order valence-electron chi connectivity index (χ4n) is 2.75.